The van der Waals surface area contributed by atoms with E-state index >= 15 is 0 Å². The van der Waals surface area contributed by atoms with Crippen molar-refractivity contribution < 1.29 is 4.52 Å². The van der Waals surface area contributed by atoms with Gasteiger partial charge in [-0.15, -0.1) is 0 Å². The largest absolute Gasteiger partial charge is 0.342 e. The van der Waals surface area contributed by atoms with Gasteiger partial charge in [-0.3, -0.25) is 0 Å². The maximum absolute atomic E-state index is 5.14. The van der Waals surface area contributed by atoms with Gasteiger partial charge >= 0.3 is 0 Å². The summed E-state index contributed by atoms with van der Waals surface area (Å²) in [5, 5.41) is 3.95. The Morgan fingerprint density at radius 3 is 2.71 bits per heavy atom. The van der Waals surface area contributed by atoms with Gasteiger partial charge in [0.25, 0.3) is 5.89 Å². The van der Waals surface area contributed by atoms with Gasteiger partial charge in [-0.05, 0) is 32.8 Å². The Bertz CT molecular complexity index is 543. The lowest BCUT2D eigenvalue weighted by molar-refractivity contribution is 0.403. The smallest absolute Gasteiger partial charge is 0.250 e. The van der Waals surface area contributed by atoms with Crippen LogP contribution in [0.1, 0.15) is 47.7 Å². The van der Waals surface area contributed by atoms with Crippen LogP contribution in [0.2, 0.25) is 0 Å². The van der Waals surface area contributed by atoms with Gasteiger partial charge in [-0.2, -0.15) is 4.98 Å². The van der Waals surface area contributed by atoms with Gasteiger partial charge in [-0.1, -0.05) is 5.16 Å². The molecule has 5 nitrogen and oxygen atoms in total. The van der Waals surface area contributed by atoms with Crippen LogP contribution in [-0.2, 0) is 0 Å². The molecular formula is C12H14N4O. The minimum absolute atomic E-state index is 0.522. The molecule has 0 spiro atoms. The highest BCUT2D eigenvalue weighted by molar-refractivity contribution is 5.62. The molecule has 0 saturated heterocycles. The van der Waals surface area contributed by atoms with E-state index in [1.807, 2.05) is 19.9 Å². The van der Waals surface area contributed by atoms with Crippen LogP contribution < -0.4 is 0 Å². The molecule has 0 aliphatic heterocycles. The van der Waals surface area contributed by atoms with E-state index in [4.69, 9.17) is 4.52 Å². The van der Waals surface area contributed by atoms with Crippen molar-refractivity contribution in [3.8, 4) is 0 Å². The predicted molar refractivity (Wildman–Crippen MR) is 63.3 cm³/mol. The third-order valence-electron chi connectivity index (χ3n) is 2.93. The Balaban J connectivity index is 1.76. The number of hydrogen-bond acceptors (Lipinski definition) is 4. The molecule has 1 fully saturated rings. The summed E-state index contributed by atoms with van der Waals surface area (Å²) in [6.45, 7) is 3.97. The zero-order valence-corrected chi connectivity index (χ0v) is 9.90. The van der Waals surface area contributed by atoms with Crippen molar-refractivity contribution in [2.75, 3.05) is 0 Å². The molecule has 2 aromatic rings. The van der Waals surface area contributed by atoms with Gasteiger partial charge in [0.15, 0.2) is 5.82 Å². The van der Waals surface area contributed by atoms with E-state index in [0.717, 1.165) is 23.0 Å². The monoisotopic (exact) mass is 230 g/mol. The molecule has 0 unspecified atom stereocenters. The van der Waals surface area contributed by atoms with Crippen LogP contribution in [0, 0.1) is 13.8 Å². The summed E-state index contributed by atoms with van der Waals surface area (Å²) in [6.07, 6.45) is 6.00. The van der Waals surface area contributed by atoms with Crippen LogP contribution in [0.25, 0.3) is 12.2 Å². The first-order valence-corrected chi connectivity index (χ1v) is 5.77. The second-order valence-electron chi connectivity index (χ2n) is 4.43. The standard InChI is InChI=1S/C12H14N4O/c1-7-8(2)14-10(13-7)5-6-11-15-12(16-17-11)9-3-4-9/h5-6,9H,3-4H2,1-2H3,(H,13,14)/b6-5+. The molecule has 88 valence electrons. The van der Waals surface area contributed by atoms with E-state index in [9.17, 15) is 0 Å². The van der Waals surface area contributed by atoms with Crippen molar-refractivity contribution in [3.63, 3.8) is 0 Å². The average molecular weight is 230 g/mol. The number of rotatable bonds is 3. The van der Waals surface area contributed by atoms with E-state index < -0.39 is 0 Å². The first-order valence-electron chi connectivity index (χ1n) is 5.77. The molecule has 0 radical (unpaired) electrons. The lowest BCUT2D eigenvalue weighted by atomic mass is 10.4. The topological polar surface area (TPSA) is 67.6 Å². The quantitative estimate of drug-likeness (QED) is 0.879. The summed E-state index contributed by atoms with van der Waals surface area (Å²) in [6, 6.07) is 0. The summed E-state index contributed by atoms with van der Waals surface area (Å²) in [4.78, 5) is 11.8. The summed E-state index contributed by atoms with van der Waals surface area (Å²) in [7, 11) is 0. The van der Waals surface area contributed by atoms with E-state index in [1.54, 1.807) is 6.08 Å². The Kier molecular flexibility index (Phi) is 2.31. The first kappa shape index (κ1) is 10.3. The zero-order valence-electron chi connectivity index (χ0n) is 9.90. The summed E-state index contributed by atoms with van der Waals surface area (Å²) >= 11 is 0. The van der Waals surface area contributed by atoms with Crippen LogP contribution >= 0.6 is 0 Å². The average Bonchev–Trinajstić information content (AvgIpc) is 2.96. The molecule has 1 aliphatic rings. The molecule has 17 heavy (non-hydrogen) atoms. The van der Waals surface area contributed by atoms with Crippen molar-refractivity contribution in [2.45, 2.75) is 32.6 Å². The predicted octanol–water partition coefficient (Wildman–Crippen LogP) is 2.46. The molecule has 0 atom stereocenters. The van der Waals surface area contributed by atoms with Gasteiger partial charge in [-0.25, -0.2) is 4.98 Å². The van der Waals surface area contributed by atoms with Gasteiger partial charge in [0.05, 0.1) is 5.69 Å². The Morgan fingerprint density at radius 1 is 1.24 bits per heavy atom. The van der Waals surface area contributed by atoms with Crippen molar-refractivity contribution in [2.24, 2.45) is 0 Å². The van der Waals surface area contributed by atoms with Gasteiger partial charge in [0.2, 0.25) is 0 Å². The second-order valence-corrected chi connectivity index (χ2v) is 4.43. The number of hydrogen-bond donors (Lipinski definition) is 1. The lowest BCUT2D eigenvalue weighted by Gasteiger charge is -1.82. The number of nitrogens with one attached hydrogen (secondary N) is 1. The summed E-state index contributed by atoms with van der Waals surface area (Å²) in [5.74, 6) is 2.70. The molecule has 0 bridgehead atoms. The molecule has 0 aromatic carbocycles. The Morgan fingerprint density at radius 2 is 2.06 bits per heavy atom. The maximum atomic E-state index is 5.14. The highest BCUT2D eigenvalue weighted by atomic mass is 16.5. The Hall–Kier alpha value is -1.91. The van der Waals surface area contributed by atoms with Crippen LogP contribution in [0.5, 0.6) is 0 Å². The van der Waals surface area contributed by atoms with Crippen molar-refractivity contribution >= 4 is 12.2 Å². The first-order chi connectivity index (χ1) is 8.22. The van der Waals surface area contributed by atoms with Crippen molar-refractivity contribution in [1.82, 2.24) is 20.1 Å². The third-order valence-corrected chi connectivity index (χ3v) is 2.93. The maximum Gasteiger partial charge on any atom is 0.250 e. The van der Waals surface area contributed by atoms with Gasteiger partial charge in [0.1, 0.15) is 5.82 Å². The molecule has 1 aliphatic carbocycles. The van der Waals surface area contributed by atoms with Crippen molar-refractivity contribution in [3.05, 3.63) is 28.9 Å². The molecule has 1 N–H and O–H groups in total. The normalized spacial score (nSPS) is 15.9. The minimum atomic E-state index is 0.522. The number of aromatic nitrogens is 4. The fourth-order valence-electron chi connectivity index (χ4n) is 1.63. The van der Waals surface area contributed by atoms with Crippen LogP contribution in [0.15, 0.2) is 4.52 Å². The van der Waals surface area contributed by atoms with Gasteiger partial charge in [0, 0.05) is 17.7 Å². The second kappa shape index (κ2) is 3.84. The number of aryl methyl sites for hydroxylation is 2. The highest BCUT2D eigenvalue weighted by Crippen LogP contribution is 2.38. The SMILES string of the molecule is Cc1nc(/C=C/c2nc(C3CC3)no2)[nH]c1C. The van der Waals surface area contributed by atoms with Crippen molar-refractivity contribution in [1.29, 1.82) is 0 Å². The number of imidazole rings is 1. The third kappa shape index (κ3) is 2.13. The van der Waals surface area contributed by atoms with E-state index in [1.165, 1.54) is 12.8 Å². The van der Waals surface area contributed by atoms with Crippen LogP contribution in [0.3, 0.4) is 0 Å². The Labute approximate surface area is 99.0 Å². The molecule has 2 heterocycles. The van der Waals surface area contributed by atoms with Crippen LogP contribution in [-0.4, -0.2) is 20.1 Å². The van der Waals surface area contributed by atoms with Gasteiger partial charge < -0.3 is 9.51 Å². The number of aromatic amines is 1. The molecule has 0 amide bonds. The van der Waals surface area contributed by atoms with Crippen LogP contribution in [0.4, 0.5) is 0 Å². The molecule has 5 heteroatoms. The number of nitrogens with zero attached hydrogens (tertiary/aromatic N) is 3. The van der Waals surface area contributed by atoms with E-state index in [2.05, 4.69) is 20.1 Å². The fourth-order valence-corrected chi connectivity index (χ4v) is 1.63. The molecule has 2 aromatic heterocycles. The zero-order chi connectivity index (χ0) is 11.8. The summed E-state index contributed by atoms with van der Waals surface area (Å²) < 4.78 is 5.14. The lowest BCUT2D eigenvalue weighted by Crippen LogP contribution is -1.81. The fraction of sp³-hybridized carbons (Fsp3) is 0.417. The number of H-pyrrole nitrogens is 1. The summed E-state index contributed by atoms with van der Waals surface area (Å²) in [5.41, 5.74) is 2.09. The van der Waals surface area contributed by atoms with E-state index in [-0.39, 0.29) is 0 Å². The molecule has 1 saturated carbocycles. The molecular weight excluding hydrogens is 216 g/mol. The highest BCUT2D eigenvalue weighted by Gasteiger charge is 2.28. The van der Waals surface area contributed by atoms with E-state index in [0.29, 0.717) is 11.8 Å². The minimum Gasteiger partial charge on any atom is -0.342 e. The molecule has 3 rings (SSSR count).